The van der Waals surface area contributed by atoms with Crippen molar-refractivity contribution in [1.82, 2.24) is 4.98 Å². The van der Waals surface area contributed by atoms with Gasteiger partial charge in [-0.2, -0.15) is 13.2 Å². The normalized spacial score (nSPS) is 18.1. The summed E-state index contributed by atoms with van der Waals surface area (Å²) >= 11 is 0. The Labute approximate surface area is 125 Å². The zero-order chi connectivity index (χ0) is 15.7. The Hall–Kier alpha value is -1.92. The van der Waals surface area contributed by atoms with Crippen LogP contribution in [0.2, 0.25) is 0 Å². The maximum absolute atomic E-state index is 12.8. The highest BCUT2D eigenvalue weighted by molar-refractivity contribution is 5.69. The Morgan fingerprint density at radius 3 is 2.82 bits per heavy atom. The standard InChI is InChI=1S/C16H15F3N2O/c17-16(18,19)15-8-10(4-6-21-15)11-2-1-3-13-12(11)5-7-22-14(13)9-20/h1-4,6,8,14H,5,7,9,20H2/t14-/m1/s1. The summed E-state index contributed by atoms with van der Waals surface area (Å²) in [6.45, 7) is 0.865. The zero-order valence-electron chi connectivity index (χ0n) is 11.7. The van der Waals surface area contributed by atoms with Crippen LogP contribution in [0.4, 0.5) is 13.2 Å². The van der Waals surface area contributed by atoms with Gasteiger partial charge in [0.1, 0.15) is 5.69 Å². The van der Waals surface area contributed by atoms with Crippen molar-refractivity contribution in [3.63, 3.8) is 0 Å². The Kier molecular flexibility index (Phi) is 3.88. The molecule has 2 aromatic rings. The third-order valence-electron chi connectivity index (χ3n) is 3.81. The van der Waals surface area contributed by atoms with Gasteiger partial charge in [0.15, 0.2) is 0 Å². The molecule has 0 amide bonds. The van der Waals surface area contributed by atoms with E-state index in [1.54, 1.807) is 6.07 Å². The molecule has 3 nitrogen and oxygen atoms in total. The highest BCUT2D eigenvalue weighted by atomic mass is 19.4. The summed E-state index contributed by atoms with van der Waals surface area (Å²) in [5.74, 6) is 0. The van der Waals surface area contributed by atoms with Gasteiger partial charge in [-0.25, -0.2) is 0 Å². The summed E-state index contributed by atoms with van der Waals surface area (Å²) in [6.07, 6.45) is -2.80. The van der Waals surface area contributed by atoms with Crippen LogP contribution in [0.1, 0.15) is 22.9 Å². The molecule has 1 atom stereocenters. The third-order valence-corrected chi connectivity index (χ3v) is 3.81. The molecule has 0 saturated carbocycles. The van der Waals surface area contributed by atoms with E-state index in [9.17, 15) is 13.2 Å². The highest BCUT2D eigenvalue weighted by Gasteiger charge is 2.33. The Bertz CT molecular complexity index is 685. The van der Waals surface area contributed by atoms with Gasteiger partial charge in [-0.05, 0) is 40.8 Å². The number of halogens is 3. The number of nitrogens with zero attached hydrogens (tertiary/aromatic N) is 1. The van der Waals surface area contributed by atoms with Crippen LogP contribution in [-0.4, -0.2) is 18.1 Å². The van der Waals surface area contributed by atoms with Gasteiger partial charge in [0, 0.05) is 12.7 Å². The van der Waals surface area contributed by atoms with Crippen molar-refractivity contribution in [3.05, 3.63) is 53.3 Å². The van der Waals surface area contributed by atoms with Gasteiger partial charge in [0.2, 0.25) is 0 Å². The van der Waals surface area contributed by atoms with Crippen LogP contribution < -0.4 is 5.73 Å². The van der Waals surface area contributed by atoms with Gasteiger partial charge in [0.25, 0.3) is 0 Å². The third kappa shape index (κ3) is 2.71. The van der Waals surface area contributed by atoms with Crippen molar-refractivity contribution < 1.29 is 17.9 Å². The van der Waals surface area contributed by atoms with E-state index in [4.69, 9.17) is 10.5 Å². The summed E-state index contributed by atoms with van der Waals surface area (Å²) < 4.78 is 44.1. The maximum Gasteiger partial charge on any atom is 0.433 e. The number of benzene rings is 1. The lowest BCUT2D eigenvalue weighted by molar-refractivity contribution is -0.141. The molecule has 1 aliphatic rings. The number of nitrogens with two attached hydrogens (primary N) is 1. The van der Waals surface area contributed by atoms with E-state index in [2.05, 4.69) is 4.98 Å². The molecule has 0 bridgehead atoms. The van der Waals surface area contributed by atoms with Gasteiger partial charge in [-0.15, -0.1) is 0 Å². The molecule has 22 heavy (non-hydrogen) atoms. The van der Waals surface area contributed by atoms with Crippen molar-refractivity contribution >= 4 is 0 Å². The van der Waals surface area contributed by atoms with Gasteiger partial charge < -0.3 is 10.5 Å². The van der Waals surface area contributed by atoms with E-state index in [1.807, 2.05) is 18.2 Å². The van der Waals surface area contributed by atoms with E-state index in [1.165, 1.54) is 6.20 Å². The lowest BCUT2D eigenvalue weighted by atomic mass is 9.89. The van der Waals surface area contributed by atoms with Gasteiger partial charge in [0.05, 0.1) is 12.7 Å². The summed E-state index contributed by atoms with van der Waals surface area (Å²) in [6, 6.07) is 8.24. The highest BCUT2D eigenvalue weighted by Crippen LogP contribution is 2.36. The van der Waals surface area contributed by atoms with Crippen LogP contribution in [0.3, 0.4) is 0 Å². The predicted molar refractivity (Wildman–Crippen MR) is 76.1 cm³/mol. The second-order valence-electron chi connectivity index (χ2n) is 5.15. The molecule has 116 valence electrons. The molecular weight excluding hydrogens is 293 g/mol. The minimum Gasteiger partial charge on any atom is -0.372 e. The number of aromatic nitrogens is 1. The number of rotatable bonds is 2. The van der Waals surface area contributed by atoms with Crippen LogP contribution in [0.25, 0.3) is 11.1 Å². The van der Waals surface area contributed by atoms with Gasteiger partial charge in [-0.1, -0.05) is 18.2 Å². The number of alkyl halides is 3. The monoisotopic (exact) mass is 308 g/mol. The van der Waals surface area contributed by atoms with E-state index in [0.29, 0.717) is 25.1 Å². The number of pyridine rings is 1. The molecule has 2 N–H and O–H groups in total. The van der Waals surface area contributed by atoms with Crippen LogP contribution in [0.15, 0.2) is 36.5 Å². The average molecular weight is 308 g/mol. The van der Waals surface area contributed by atoms with Crippen LogP contribution >= 0.6 is 0 Å². The van der Waals surface area contributed by atoms with Gasteiger partial charge in [-0.3, -0.25) is 4.98 Å². The van der Waals surface area contributed by atoms with E-state index < -0.39 is 11.9 Å². The number of hydrogen-bond donors (Lipinski definition) is 1. The molecule has 0 aliphatic carbocycles. The average Bonchev–Trinajstić information content (AvgIpc) is 2.53. The molecule has 0 saturated heterocycles. The molecular formula is C16H15F3N2O. The van der Waals surface area contributed by atoms with Crippen molar-refractivity contribution in [2.75, 3.05) is 13.2 Å². The van der Waals surface area contributed by atoms with Crippen molar-refractivity contribution in [3.8, 4) is 11.1 Å². The SMILES string of the molecule is NC[C@H]1OCCc2c(-c3ccnc(C(F)(F)F)c3)cccc21. The second-order valence-corrected chi connectivity index (χ2v) is 5.15. The summed E-state index contributed by atoms with van der Waals surface area (Å²) in [7, 11) is 0. The quantitative estimate of drug-likeness (QED) is 0.925. The molecule has 1 aliphatic heterocycles. The first-order valence-electron chi connectivity index (χ1n) is 6.98. The molecule has 3 rings (SSSR count). The first kappa shape index (κ1) is 15.0. The first-order chi connectivity index (χ1) is 10.5. The molecule has 0 unspecified atom stereocenters. The maximum atomic E-state index is 12.8. The fourth-order valence-electron chi connectivity index (χ4n) is 2.80. The Balaban J connectivity index is 2.10. The lowest BCUT2D eigenvalue weighted by Crippen LogP contribution is -2.23. The number of fused-ring (bicyclic) bond motifs is 1. The largest absolute Gasteiger partial charge is 0.433 e. The van der Waals surface area contributed by atoms with Crippen molar-refractivity contribution in [2.24, 2.45) is 5.73 Å². The second kappa shape index (κ2) is 5.70. The van der Waals surface area contributed by atoms with E-state index >= 15 is 0 Å². The molecule has 2 heterocycles. The predicted octanol–water partition coefficient (Wildman–Crippen LogP) is 3.34. The van der Waals surface area contributed by atoms with Crippen molar-refractivity contribution in [2.45, 2.75) is 18.7 Å². The molecule has 0 fully saturated rings. The summed E-state index contributed by atoms with van der Waals surface area (Å²) in [4.78, 5) is 3.41. The van der Waals surface area contributed by atoms with Crippen LogP contribution in [-0.2, 0) is 17.3 Å². The zero-order valence-corrected chi connectivity index (χ0v) is 11.7. The molecule has 6 heteroatoms. The minimum atomic E-state index is -4.45. The molecule has 1 aromatic heterocycles. The molecule has 1 aromatic carbocycles. The molecule has 0 radical (unpaired) electrons. The summed E-state index contributed by atoms with van der Waals surface area (Å²) in [5.41, 5.74) is 8.07. The fourth-order valence-corrected chi connectivity index (χ4v) is 2.80. The van der Waals surface area contributed by atoms with Crippen LogP contribution in [0.5, 0.6) is 0 Å². The Morgan fingerprint density at radius 1 is 1.27 bits per heavy atom. The minimum absolute atomic E-state index is 0.201. The van der Waals surface area contributed by atoms with Crippen molar-refractivity contribution in [1.29, 1.82) is 0 Å². The lowest BCUT2D eigenvalue weighted by Gasteiger charge is -2.27. The van der Waals surface area contributed by atoms with E-state index in [0.717, 1.165) is 22.8 Å². The number of hydrogen-bond acceptors (Lipinski definition) is 3. The van der Waals surface area contributed by atoms with Crippen LogP contribution in [0, 0.1) is 0 Å². The smallest absolute Gasteiger partial charge is 0.372 e. The number of ether oxygens (including phenoxy) is 1. The molecule has 0 spiro atoms. The first-order valence-corrected chi connectivity index (χ1v) is 6.98. The summed E-state index contributed by atoms with van der Waals surface area (Å²) in [5, 5.41) is 0. The Morgan fingerprint density at radius 2 is 2.09 bits per heavy atom. The fraction of sp³-hybridized carbons (Fsp3) is 0.312. The van der Waals surface area contributed by atoms with Gasteiger partial charge >= 0.3 is 6.18 Å². The topological polar surface area (TPSA) is 48.1 Å². The van der Waals surface area contributed by atoms with E-state index in [-0.39, 0.29) is 6.10 Å².